The molecule has 2 amide bonds. The van der Waals surface area contributed by atoms with Gasteiger partial charge in [-0.3, -0.25) is 9.59 Å². The summed E-state index contributed by atoms with van der Waals surface area (Å²) < 4.78 is 104. The quantitative estimate of drug-likeness (QED) is 0.230. The monoisotopic (exact) mass is 637 g/mol. The fourth-order valence-electron chi connectivity index (χ4n) is 4.97. The summed E-state index contributed by atoms with van der Waals surface area (Å²) in [6.45, 7) is 1.94. The number of benzene rings is 1. The van der Waals surface area contributed by atoms with Crippen molar-refractivity contribution < 1.29 is 44.7 Å². The van der Waals surface area contributed by atoms with Gasteiger partial charge in [-0.1, -0.05) is 13.0 Å². The number of carbonyl (C=O) groups is 2. The zero-order chi connectivity index (χ0) is 32.4. The maximum absolute atomic E-state index is 13.9. The van der Waals surface area contributed by atoms with E-state index in [2.05, 4.69) is 30.8 Å². The van der Waals surface area contributed by atoms with E-state index >= 15 is 0 Å². The van der Waals surface area contributed by atoms with Crippen LogP contribution in [0.25, 0.3) is 11.0 Å². The standard InChI is InChI=1S/C27H31F8N7O2/c1-14(27(33,34)35)13-42-36-12-20(41-42)24(44)40-22(16-5-8-25(28,29)9-6-16)23-38-18-4-3-17(11-19(18)39-23)15(2)37-21(43)7-10-26(30,31)32/h3-4,11-12,14-16,22H,5-10,13H2,1-2H3,(H,37,43)(H,38,39)(H,40,44)/t14-,15-,22+/m1/s1. The van der Waals surface area contributed by atoms with Crippen LogP contribution in [0.4, 0.5) is 35.1 Å². The van der Waals surface area contributed by atoms with Crippen LogP contribution in [0.3, 0.4) is 0 Å². The van der Waals surface area contributed by atoms with Crippen molar-refractivity contribution in [3.63, 3.8) is 0 Å². The highest BCUT2D eigenvalue weighted by molar-refractivity contribution is 5.92. The maximum Gasteiger partial charge on any atom is 0.393 e. The molecular weight excluding hydrogens is 606 g/mol. The smallest absolute Gasteiger partial charge is 0.350 e. The lowest BCUT2D eigenvalue weighted by Crippen LogP contribution is -2.38. The van der Waals surface area contributed by atoms with Gasteiger partial charge in [0.1, 0.15) is 5.82 Å². The normalized spacial score (nSPS) is 18.1. The molecule has 3 aromatic rings. The molecule has 0 saturated heterocycles. The van der Waals surface area contributed by atoms with Gasteiger partial charge in [0.2, 0.25) is 11.8 Å². The van der Waals surface area contributed by atoms with Gasteiger partial charge in [-0.05, 0) is 43.4 Å². The third-order valence-corrected chi connectivity index (χ3v) is 7.62. The van der Waals surface area contributed by atoms with Crippen molar-refractivity contribution in [2.75, 3.05) is 0 Å². The van der Waals surface area contributed by atoms with E-state index in [1.54, 1.807) is 25.1 Å². The van der Waals surface area contributed by atoms with E-state index in [1.807, 2.05) is 0 Å². The van der Waals surface area contributed by atoms with Gasteiger partial charge in [-0.15, -0.1) is 5.10 Å². The van der Waals surface area contributed by atoms with Crippen molar-refractivity contribution in [2.45, 2.75) is 89.3 Å². The first-order chi connectivity index (χ1) is 20.4. The van der Waals surface area contributed by atoms with Gasteiger partial charge < -0.3 is 15.6 Å². The van der Waals surface area contributed by atoms with Gasteiger partial charge in [0, 0.05) is 19.3 Å². The molecule has 0 bridgehead atoms. The molecule has 1 aliphatic rings. The third kappa shape index (κ3) is 8.65. The number of fused-ring (bicyclic) bond motifs is 1. The predicted molar refractivity (Wildman–Crippen MR) is 140 cm³/mol. The van der Waals surface area contributed by atoms with Crippen molar-refractivity contribution >= 4 is 22.8 Å². The number of hydrogen-bond acceptors (Lipinski definition) is 5. The molecule has 17 heteroatoms. The molecule has 1 aliphatic carbocycles. The third-order valence-electron chi connectivity index (χ3n) is 7.62. The van der Waals surface area contributed by atoms with Crippen LogP contribution in [-0.2, 0) is 11.3 Å². The Kier molecular flexibility index (Phi) is 9.54. The molecule has 44 heavy (non-hydrogen) atoms. The summed E-state index contributed by atoms with van der Waals surface area (Å²) in [7, 11) is 0. The highest BCUT2D eigenvalue weighted by Gasteiger charge is 2.40. The van der Waals surface area contributed by atoms with Crippen molar-refractivity contribution in [1.82, 2.24) is 35.6 Å². The number of imidazole rings is 1. The van der Waals surface area contributed by atoms with Crippen LogP contribution in [0.5, 0.6) is 0 Å². The van der Waals surface area contributed by atoms with Crippen LogP contribution in [-0.4, -0.2) is 55.1 Å². The molecule has 2 heterocycles. The second-order valence-electron chi connectivity index (χ2n) is 11.2. The molecule has 9 nitrogen and oxygen atoms in total. The van der Waals surface area contributed by atoms with Gasteiger partial charge in [0.05, 0.1) is 48.2 Å². The number of alkyl halides is 8. The fraction of sp³-hybridized carbons (Fsp3) is 0.593. The van der Waals surface area contributed by atoms with Crippen molar-refractivity contribution in [3.8, 4) is 0 Å². The summed E-state index contributed by atoms with van der Waals surface area (Å²) in [5.41, 5.74) is 1.18. The van der Waals surface area contributed by atoms with Gasteiger partial charge >= 0.3 is 12.4 Å². The van der Waals surface area contributed by atoms with Crippen LogP contribution in [0.1, 0.15) is 86.3 Å². The average molecular weight is 638 g/mol. The SMILES string of the molecule is C[C@H](Cn1ncc(C(=O)N[C@H](c2nc3ccc([C@@H](C)NC(=O)CCC(F)(F)F)cc3[nH]2)C2CCC(F)(F)CC2)n1)C(F)(F)F. The number of rotatable bonds is 10. The number of amides is 2. The topological polar surface area (TPSA) is 118 Å². The van der Waals surface area contributed by atoms with Gasteiger partial charge in [0.15, 0.2) is 5.69 Å². The first kappa shape index (κ1) is 33.1. The molecule has 2 aromatic heterocycles. The summed E-state index contributed by atoms with van der Waals surface area (Å²) in [5.74, 6) is -6.41. The molecule has 3 N–H and O–H groups in total. The van der Waals surface area contributed by atoms with Crippen LogP contribution < -0.4 is 10.6 Å². The summed E-state index contributed by atoms with van der Waals surface area (Å²) >= 11 is 0. The fourth-order valence-corrected chi connectivity index (χ4v) is 4.97. The Balaban J connectivity index is 1.53. The Labute approximate surface area is 246 Å². The summed E-state index contributed by atoms with van der Waals surface area (Å²) in [4.78, 5) is 33.5. The van der Waals surface area contributed by atoms with Gasteiger partial charge in [-0.25, -0.2) is 13.8 Å². The lowest BCUT2D eigenvalue weighted by atomic mass is 9.81. The maximum atomic E-state index is 13.9. The minimum absolute atomic E-state index is 0.0526. The van der Waals surface area contributed by atoms with Crippen molar-refractivity contribution in [3.05, 3.63) is 41.5 Å². The van der Waals surface area contributed by atoms with Crippen LogP contribution in [0.2, 0.25) is 0 Å². The molecule has 0 radical (unpaired) electrons. The second kappa shape index (κ2) is 12.7. The van der Waals surface area contributed by atoms with Crippen molar-refractivity contribution in [1.29, 1.82) is 0 Å². The van der Waals surface area contributed by atoms with Crippen molar-refractivity contribution in [2.24, 2.45) is 11.8 Å². The summed E-state index contributed by atoms with van der Waals surface area (Å²) in [5, 5.41) is 12.8. The number of aromatic nitrogens is 5. The van der Waals surface area contributed by atoms with E-state index in [9.17, 15) is 44.7 Å². The number of aromatic amines is 1. The number of nitrogens with one attached hydrogen (secondary N) is 3. The number of nitrogens with zero attached hydrogens (tertiary/aromatic N) is 4. The van der Waals surface area contributed by atoms with Crippen LogP contribution in [0, 0.1) is 11.8 Å². The van der Waals surface area contributed by atoms with Gasteiger partial charge in [0.25, 0.3) is 5.91 Å². The van der Waals surface area contributed by atoms with Crippen LogP contribution in [0.15, 0.2) is 24.4 Å². The highest BCUT2D eigenvalue weighted by atomic mass is 19.4. The zero-order valence-corrected chi connectivity index (χ0v) is 23.7. The molecule has 3 atom stereocenters. The molecule has 0 aliphatic heterocycles. The number of H-pyrrole nitrogens is 1. The Bertz CT molecular complexity index is 1460. The first-order valence-corrected chi connectivity index (χ1v) is 13.9. The number of hydrogen-bond donors (Lipinski definition) is 3. The Morgan fingerprint density at radius 1 is 1.09 bits per heavy atom. The second-order valence-corrected chi connectivity index (χ2v) is 11.2. The lowest BCUT2D eigenvalue weighted by Gasteiger charge is -2.33. The Hall–Kier alpha value is -3.79. The highest BCUT2D eigenvalue weighted by Crippen LogP contribution is 2.41. The molecule has 4 rings (SSSR count). The molecule has 0 unspecified atom stereocenters. The van der Waals surface area contributed by atoms with E-state index in [-0.39, 0.29) is 24.4 Å². The number of halogens is 8. The Morgan fingerprint density at radius 2 is 1.77 bits per heavy atom. The minimum atomic E-state index is -4.48. The zero-order valence-electron chi connectivity index (χ0n) is 23.7. The number of carbonyl (C=O) groups excluding carboxylic acids is 2. The summed E-state index contributed by atoms with van der Waals surface area (Å²) in [6.07, 6.45) is -10.6. The van der Waals surface area contributed by atoms with E-state index < -0.39 is 86.2 Å². The lowest BCUT2D eigenvalue weighted by molar-refractivity contribution is -0.174. The van der Waals surface area contributed by atoms with E-state index in [0.717, 1.165) is 17.9 Å². The molecule has 242 valence electrons. The van der Waals surface area contributed by atoms with E-state index in [0.29, 0.717) is 16.6 Å². The molecule has 1 fully saturated rings. The van der Waals surface area contributed by atoms with Crippen LogP contribution >= 0.6 is 0 Å². The first-order valence-electron chi connectivity index (χ1n) is 13.9. The summed E-state index contributed by atoms with van der Waals surface area (Å²) in [6, 6.07) is 3.31. The molecular formula is C27H31F8N7O2. The average Bonchev–Trinajstić information content (AvgIpc) is 3.56. The minimum Gasteiger partial charge on any atom is -0.350 e. The molecule has 0 spiro atoms. The predicted octanol–water partition coefficient (Wildman–Crippen LogP) is 6.17. The van der Waals surface area contributed by atoms with E-state index in [4.69, 9.17) is 0 Å². The molecule has 1 aromatic carbocycles. The van der Waals surface area contributed by atoms with E-state index in [1.165, 1.54) is 0 Å². The largest absolute Gasteiger partial charge is 0.393 e. The molecule has 1 saturated carbocycles. The van der Waals surface area contributed by atoms with Gasteiger partial charge in [-0.2, -0.15) is 36.2 Å². The Morgan fingerprint density at radius 3 is 2.41 bits per heavy atom.